The molecule has 0 heterocycles. The van der Waals surface area contributed by atoms with E-state index in [4.69, 9.17) is 4.74 Å². The number of rotatable bonds is 4. The van der Waals surface area contributed by atoms with Gasteiger partial charge in [-0.05, 0) is 12.1 Å². The van der Waals surface area contributed by atoms with Crippen LogP contribution in [0, 0.1) is 11.7 Å². The molecule has 2 nitrogen and oxygen atoms in total. The molecule has 0 atom stereocenters. The van der Waals surface area contributed by atoms with E-state index in [-0.39, 0.29) is 23.9 Å². The lowest BCUT2D eigenvalue weighted by Gasteiger charge is -2.09. The number of carbonyl (C=O) groups is 1. The molecule has 0 amide bonds. The molecule has 0 aromatic heterocycles. The van der Waals surface area contributed by atoms with Gasteiger partial charge in [0, 0.05) is 17.9 Å². The van der Waals surface area contributed by atoms with E-state index in [1.807, 2.05) is 0 Å². The number of halogens is 1. The first-order chi connectivity index (χ1) is 7.06. The van der Waals surface area contributed by atoms with Crippen LogP contribution >= 0.6 is 0 Å². The first-order valence-corrected chi connectivity index (χ1v) is 4.90. The Morgan fingerprint density at radius 3 is 2.67 bits per heavy atom. The smallest absolute Gasteiger partial charge is 0.140 e. The molecule has 0 unspecified atom stereocenters. The number of ether oxygens (including phenoxy) is 1. The summed E-state index contributed by atoms with van der Waals surface area (Å²) in [6, 6.07) is 4.56. The molecule has 1 aromatic rings. The predicted molar refractivity (Wildman–Crippen MR) is 56.5 cm³/mol. The van der Waals surface area contributed by atoms with Gasteiger partial charge in [-0.25, -0.2) is 4.39 Å². The highest BCUT2D eigenvalue weighted by atomic mass is 19.1. The van der Waals surface area contributed by atoms with Crippen LogP contribution in [0.5, 0.6) is 5.75 Å². The van der Waals surface area contributed by atoms with Crippen molar-refractivity contribution < 1.29 is 13.9 Å². The van der Waals surface area contributed by atoms with Crippen molar-refractivity contribution in [3.05, 3.63) is 29.6 Å². The second-order valence-electron chi connectivity index (χ2n) is 3.72. The molecule has 1 rings (SSSR count). The quantitative estimate of drug-likeness (QED) is 0.763. The highest BCUT2D eigenvalue weighted by Crippen LogP contribution is 2.22. The number of hydrogen-bond donors (Lipinski definition) is 0. The summed E-state index contributed by atoms with van der Waals surface area (Å²) in [6.45, 7) is 3.60. The van der Waals surface area contributed by atoms with Crippen molar-refractivity contribution in [2.75, 3.05) is 7.11 Å². The molecule has 0 aliphatic carbocycles. The lowest BCUT2D eigenvalue weighted by atomic mass is 10.00. The Balaban J connectivity index is 2.97. The van der Waals surface area contributed by atoms with Crippen molar-refractivity contribution in [1.82, 2.24) is 0 Å². The van der Waals surface area contributed by atoms with E-state index in [0.717, 1.165) is 0 Å². The van der Waals surface area contributed by atoms with Crippen LogP contribution in [0.3, 0.4) is 0 Å². The maximum Gasteiger partial charge on any atom is 0.140 e. The van der Waals surface area contributed by atoms with Gasteiger partial charge >= 0.3 is 0 Å². The summed E-state index contributed by atoms with van der Waals surface area (Å²) in [7, 11) is 1.47. The Morgan fingerprint density at radius 2 is 2.13 bits per heavy atom. The lowest BCUT2D eigenvalue weighted by Crippen LogP contribution is -2.12. The largest absolute Gasteiger partial charge is 0.496 e. The van der Waals surface area contributed by atoms with E-state index < -0.39 is 0 Å². The normalized spacial score (nSPS) is 10.5. The Bertz CT molecular complexity index is 359. The minimum Gasteiger partial charge on any atom is -0.496 e. The molecule has 0 N–H and O–H groups in total. The number of carbonyl (C=O) groups excluding carboxylic acids is 1. The van der Waals surface area contributed by atoms with Gasteiger partial charge in [0.15, 0.2) is 0 Å². The molecule has 0 fully saturated rings. The maximum atomic E-state index is 13.4. The Morgan fingerprint density at radius 1 is 1.47 bits per heavy atom. The molecule has 3 heteroatoms. The van der Waals surface area contributed by atoms with Crippen LogP contribution in [0.4, 0.5) is 4.39 Å². The molecule has 0 aliphatic heterocycles. The summed E-state index contributed by atoms with van der Waals surface area (Å²) in [4.78, 5) is 11.5. The summed E-state index contributed by atoms with van der Waals surface area (Å²) in [5, 5.41) is 0. The lowest BCUT2D eigenvalue weighted by molar-refractivity contribution is -0.121. The zero-order valence-electron chi connectivity index (χ0n) is 9.21. The molecule has 0 bridgehead atoms. The fraction of sp³-hybridized carbons (Fsp3) is 0.417. The molecule has 1 aromatic carbocycles. The molecule has 15 heavy (non-hydrogen) atoms. The van der Waals surface area contributed by atoms with Crippen LogP contribution in [-0.2, 0) is 11.2 Å². The zero-order chi connectivity index (χ0) is 11.4. The predicted octanol–water partition coefficient (Wildman–Crippen LogP) is 2.60. The fourth-order valence-corrected chi connectivity index (χ4v) is 1.28. The summed E-state index contributed by atoms with van der Waals surface area (Å²) < 4.78 is 18.4. The van der Waals surface area contributed by atoms with Gasteiger partial charge in [0.2, 0.25) is 0 Å². The second kappa shape index (κ2) is 4.91. The maximum absolute atomic E-state index is 13.4. The van der Waals surface area contributed by atoms with Crippen LogP contribution in [0.15, 0.2) is 18.2 Å². The number of ketones is 1. The first kappa shape index (κ1) is 11.7. The van der Waals surface area contributed by atoms with Gasteiger partial charge in [-0.1, -0.05) is 19.9 Å². The molecular weight excluding hydrogens is 195 g/mol. The highest BCUT2D eigenvalue weighted by molar-refractivity contribution is 5.83. The molecule has 82 valence electrons. The van der Waals surface area contributed by atoms with Crippen LogP contribution in [0.2, 0.25) is 0 Å². The Kier molecular flexibility index (Phi) is 3.83. The van der Waals surface area contributed by atoms with Crippen molar-refractivity contribution in [2.45, 2.75) is 20.3 Å². The first-order valence-electron chi connectivity index (χ1n) is 4.90. The standard InChI is InChI=1S/C12H15FO2/c1-8(2)11(14)7-9-10(13)5-4-6-12(9)15-3/h4-6,8H,7H2,1-3H3. The van der Waals surface area contributed by atoms with Gasteiger partial charge in [-0.3, -0.25) is 4.79 Å². The summed E-state index contributed by atoms with van der Waals surface area (Å²) >= 11 is 0. The van der Waals surface area contributed by atoms with Gasteiger partial charge in [0.1, 0.15) is 17.3 Å². The van der Waals surface area contributed by atoms with Crippen LogP contribution in [-0.4, -0.2) is 12.9 Å². The number of hydrogen-bond acceptors (Lipinski definition) is 2. The highest BCUT2D eigenvalue weighted by Gasteiger charge is 2.15. The Labute approximate surface area is 89.1 Å². The van der Waals surface area contributed by atoms with Crippen molar-refractivity contribution in [3.63, 3.8) is 0 Å². The van der Waals surface area contributed by atoms with Crippen LogP contribution in [0.1, 0.15) is 19.4 Å². The van der Waals surface area contributed by atoms with Crippen LogP contribution in [0.25, 0.3) is 0 Å². The number of benzene rings is 1. The summed E-state index contributed by atoms with van der Waals surface area (Å²) in [6.07, 6.45) is 0.0908. The molecule has 0 saturated carbocycles. The third kappa shape index (κ3) is 2.78. The van der Waals surface area contributed by atoms with Gasteiger partial charge in [-0.2, -0.15) is 0 Å². The van der Waals surface area contributed by atoms with Crippen molar-refractivity contribution >= 4 is 5.78 Å². The summed E-state index contributed by atoms with van der Waals surface area (Å²) in [5.41, 5.74) is 0.346. The summed E-state index contributed by atoms with van der Waals surface area (Å²) in [5.74, 6) is -0.0277. The molecule has 0 saturated heterocycles. The number of Topliss-reactive ketones (excluding diaryl/α,β-unsaturated/α-hetero) is 1. The van der Waals surface area contributed by atoms with Crippen LogP contribution < -0.4 is 4.74 Å². The van der Waals surface area contributed by atoms with E-state index in [0.29, 0.717) is 11.3 Å². The van der Waals surface area contributed by atoms with E-state index in [9.17, 15) is 9.18 Å². The topological polar surface area (TPSA) is 26.3 Å². The fourth-order valence-electron chi connectivity index (χ4n) is 1.28. The molecule has 0 radical (unpaired) electrons. The van der Waals surface area contributed by atoms with E-state index in [1.165, 1.54) is 13.2 Å². The Hall–Kier alpha value is -1.38. The molecular formula is C12H15FO2. The minimum atomic E-state index is -0.386. The van der Waals surface area contributed by atoms with Gasteiger partial charge in [0.25, 0.3) is 0 Å². The van der Waals surface area contributed by atoms with Gasteiger partial charge in [-0.15, -0.1) is 0 Å². The zero-order valence-corrected chi connectivity index (χ0v) is 9.21. The van der Waals surface area contributed by atoms with Crippen molar-refractivity contribution in [1.29, 1.82) is 0 Å². The second-order valence-corrected chi connectivity index (χ2v) is 3.72. The van der Waals surface area contributed by atoms with Gasteiger partial charge < -0.3 is 4.74 Å². The third-order valence-electron chi connectivity index (χ3n) is 2.29. The third-order valence-corrected chi connectivity index (χ3v) is 2.29. The average molecular weight is 210 g/mol. The SMILES string of the molecule is COc1cccc(F)c1CC(=O)C(C)C. The molecule has 0 aliphatic rings. The average Bonchev–Trinajstić information content (AvgIpc) is 2.20. The van der Waals surface area contributed by atoms with E-state index >= 15 is 0 Å². The van der Waals surface area contributed by atoms with Crippen molar-refractivity contribution in [2.24, 2.45) is 5.92 Å². The molecule has 0 spiro atoms. The minimum absolute atomic E-state index is 0.0124. The van der Waals surface area contributed by atoms with Crippen molar-refractivity contribution in [3.8, 4) is 5.75 Å². The van der Waals surface area contributed by atoms with Gasteiger partial charge in [0.05, 0.1) is 7.11 Å². The van der Waals surface area contributed by atoms with E-state index in [2.05, 4.69) is 0 Å². The monoisotopic (exact) mass is 210 g/mol. The van der Waals surface area contributed by atoms with E-state index in [1.54, 1.807) is 26.0 Å². The number of methoxy groups -OCH3 is 1.